The lowest BCUT2D eigenvalue weighted by Crippen LogP contribution is -1.94. The molecule has 0 radical (unpaired) electrons. The lowest BCUT2D eigenvalue weighted by atomic mass is 10.2. The zero-order valence-corrected chi connectivity index (χ0v) is 13.4. The summed E-state index contributed by atoms with van der Waals surface area (Å²) in [6.45, 7) is 0. The third-order valence-corrected chi connectivity index (χ3v) is 4.95. The quantitative estimate of drug-likeness (QED) is 0.625. The lowest BCUT2D eigenvalue weighted by Gasteiger charge is -2.07. The predicted octanol–water partition coefficient (Wildman–Crippen LogP) is 4.89. The van der Waals surface area contributed by atoms with E-state index in [4.69, 9.17) is 0 Å². The largest absolute Gasteiger partial charge is 0.295 e. The average Bonchev–Trinajstić information content (AvgIpc) is 3.03. The minimum Gasteiger partial charge on any atom is -0.295 e. The van der Waals surface area contributed by atoms with Gasteiger partial charge < -0.3 is 0 Å². The third kappa shape index (κ3) is 3.52. The highest BCUT2D eigenvalue weighted by Gasteiger charge is 2.05. The molecular formula is C17H16N2S2. The normalized spacial score (nSPS) is 10.7. The van der Waals surface area contributed by atoms with Gasteiger partial charge in [-0.3, -0.25) is 4.57 Å². The predicted molar refractivity (Wildman–Crippen MR) is 91.3 cm³/mol. The second kappa shape index (κ2) is 6.87. The molecule has 3 rings (SSSR count). The van der Waals surface area contributed by atoms with Crippen molar-refractivity contribution in [3.63, 3.8) is 0 Å². The Morgan fingerprint density at radius 2 is 1.76 bits per heavy atom. The van der Waals surface area contributed by atoms with Crippen molar-refractivity contribution in [1.82, 2.24) is 9.55 Å². The van der Waals surface area contributed by atoms with Crippen LogP contribution in [-0.2, 0) is 5.75 Å². The fraction of sp³-hybridized carbons (Fsp3) is 0.118. The molecule has 2 nitrogen and oxygen atoms in total. The molecule has 1 aromatic heterocycles. The molecule has 0 aliphatic heterocycles. The van der Waals surface area contributed by atoms with Crippen molar-refractivity contribution in [3.05, 3.63) is 72.6 Å². The zero-order chi connectivity index (χ0) is 14.5. The number of para-hydroxylation sites is 1. The van der Waals surface area contributed by atoms with Crippen LogP contribution < -0.4 is 0 Å². The van der Waals surface area contributed by atoms with Crippen LogP contribution in [0.2, 0.25) is 0 Å². The molecule has 4 heteroatoms. The Kier molecular flexibility index (Phi) is 4.68. The molecule has 0 atom stereocenters. The van der Waals surface area contributed by atoms with Gasteiger partial charge in [-0.25, -0.2) is 4.98 Å². The van der Waals surface area contributed by atoms with E-state index in [1.165, 1.54) is 10.5 Å². The number of hydrogen-bond donors (Lipinski definition) is 0. The Hall–Kier alpha value is -1.65. The van der Waals surface area contributed by atoms with Gasteiger partial charge in [0.1, 0.15) is 0 Å². The summed E-state index contributed by atoms with van der Waals surface area (Å²) in [5, 5.41) is 1.02. The number of aromatic nitrogens is 2. The molecule has 3 aromatic rings. The Morgan fingerprint density at radius 3 is 2.48 bits per heavy atom. The zero-order valence-electron chi connectivity index (χ0n) is 11.8. The maximum Gasteiger partial charge on any atom is 0.172 e. The first-order valence-electron chi connectivity index (χ1n) is 6.71. The lowest BCUT2D eigenvalue weighted by molar-refractivity contribution is 0.895. The Labute approximate surface area is 133 Å². The van der Waals surface area contributed by atoms with Crippen molar-refractivity contribution in [2.24, 2.45) is 0 Å². The van der Waals surface area contributed by atoms with Crippen molar-refractivity contribution < 1.29 is 0 Å². The standard InChI is InChI=1S/C17H16N2S2/c1-20-16-9-7-14(8-10-16)13-21-17-18-11-12-19(17)15-5-3-2-4-6-15/h2-12H,13H2,1H3. The smallest absolute Gasteiger partial charge is 0.172 e. The van der Waals surface area contributed by atoms with Gasteiger partial charge in [-0.1, -0.05) is 42.1 Å². The minimum absolute atomic E-state index is 0.929. The number of nitrogens with zero attached hydrogens (tertiary/aromatic N) is 2. The maximum absolute atomic E-state index is 4.46. The molecule has 0 aliphatic rings. The van der Waals surface area contributed by atoms with Gasteiger partial charge in [-0.15, -0.1) is 11.8 Å². The van der Waals surface area contributed by atoms with E-state index in [1.54, 1.807) is 23.5 Å². The molecule has 106 valence electrons. The molecule has 0 saturated carbocycles. The Morgan fingerprint density at radius 1 is 1.00 bits per heavy atom. The summed E-state index contributed by atoms with van der Waals surface area (Å²) in [5.41, 5.74) is 2.47. The van der Waals surface area contributed by atoms with Gasteiger partial charge in [0.2, 0.25) is 0 Å². The van der Waals surface area contributed by atoms with E-state index in [0.29, 0.717) is 0 Å². The van der Waals surface area contributed by atoms with Gasteiger partial charge in [0.25, 0.3) is 0 Å². The summed E-state index contributed by atoms with van der Waals surface area (Å²) < 4.78 is 2.13. The molecule has 0 aliphatic carbocycles. The van der Waals surface area contributed by atoms with E-state index in [9.17, 15) is 0 Å². The van der Waals surface area contributed by atoms with Gasteiger partial charge in [0, 0.05) is 28.7 Å². The second-order valence-corrected chi connectivity index (χ2v) is 6.37. The molecule has 0 unspecified atom stereocenters. The van der Waals surface area contributed by atoms with Crippen LogP contribution >= 0.6 is 23.5 Å². The minimum atomic E-state index is 0.929. The average molecular weight is 312 g/mol. The molecule has 0 saturated heterocycles. The first-order chi connectivity index (χ1) is 10.4. The second-order valence-electron chi connectivity index (χ2n) is 4.55. The van der Waals surface area contributed by atoms with Crippen molar-refractivity contribution in [2.75, 3.05) is 6.26 Å². The molecule has 0 fully saturated rings. The Balaban J connectivity index is 1.72. The molecule has 21 heavy (non-hydrogen) atoms. The monoisotopic (exact) mass is 312 g/mol. The van der Waals surface area contributed by atoms with E-state index in [2.05, 4.69) is 52.2 Å². The molecule has 2 aromatic carbocycles. The first kappa shape index (κ1) is 14.3. The van der Waals surface area contributed by atoms with Crippen LogP contribution in [0.3, 0.4) is 0 Å². The van der Waals surface area contributed by atoms with Crippen LogP contribution in [0.25, 0.3) is 5.69 Å². The fourth-order valence-corrected chi connectivity index (χ4v) is 3.39. The van der Waals surface area contributed by atoms with Gasteiger partial charge >= 0.3 is 0 Å². The van der Waals surface area contributed by atoms with E-state index in [-0.39, 0.29) is 0 Å². The van der Waals surface area contributed by atoms with Crippen LogP contribution in [0, 0.1) is 0 Å². The van der Waals surface area contributed by atoms with Crippen LogP contribution in [-0.4, -0.2) is 15.8 Å². The van der Waals surface area contributed by atoms with Crippen molar-refractivity contribution in [3.8, 4) is 5.69 Å². The number of benzene rings is 2. The molecule has 0 spiro atoms. The highest BCUT2D eigenvalue weighted by Crippen LogP contribution is 2.25. The van der Waals surface area contributed by atoms with Crippen LogP contribution in [0.5, 0.6) is 0 Å². The summed E-state index contributed by atoms with van der Waals surface area (Å²) in [4.78, 5) is 5.76. The highest BCUT2D eigenvalue weighted by molar-refractivity contribution is 7.98. The summed E-state index contributed by atoms with van der Waals surface area (Å²) >= 11 is 3.53. The van der Waals surface area contributed by atoms with Gasteiger partial charge in [-0.2, -0.15) is 0 Å². The summed E-state index contributed by atoms with van der Waals surface area (Å²) in [5.74, 6) is 0.929. The van der Waals surface area contributed by atoms with Gasteiger partial charge in [0.05, 0.1) is 0 Å². The van der Waals surface area contributed by atoms with Crippen molar-refractivity contribution >= 4 is 23.5 Å². The summed E-state index contributed by atoms with van der Waals surface area (Å²) in [7, 11) is 0. The van der Waals surface area contributed by atoms with Gasteiger partial charge in [0.15, 0.2) is 5.16 Å². The SMILES string of the molecule is CSc1ccc(CSc2nccn2-c2ccccc2)cc1. The molecule has 0 N–H and O–H groups in total. The molecule has 1 heterocycles. The summed E-state index contributed by atoms with van der Waals surface area (Å²) in [6.07, 6.45) is 5.96. The van der Waals surface area contributed by atoms with E-state index < -0.39 is 0 Å². The third-order valence-electron chi connectivity index (χ3n) is 3.17. The van der Waals surface area contributed by atoms with E-state index in [1.807, 2.05) is 30.6 Å². The summed E-state index contributed by atoms with van der Waals surface area (Å²) in [6, 6.07) is 19.0. The number of rotatable bonds is 5. The highest BCUT2D eigenvalue weighted by atomic mass is 32.2. The number of hydrogen-bond acceptors (Lipinski definition) is 3. The number of imidazole rings is 1. The van der Waals surface area contributed by atoms with Crippen molar-refractivity contribution in [2.45, 2.75) is 15.8 Å². The van der Waals surface area contributed by atoms with E-state index >= 15 is 0 Å². The van der Waals surface area contributed by atoms with Crippen molar-refractivity contribution in [1.29, 1.82) is 0 Å². The van der Waals surface area contributed by atoms with Crippen LogP contribution in [0.1, 0.15) is 5.56 Å². The van der Waals surface area contributed by atoms with Crippen LogP contribution in [0.15, 0.2) is 77.0 Å². The topological polar surface area (TPSA) is 17.8 Å². The van der Waals surface area contributed by atoms with E-state index in [0.717, 1.165) is 16.6 Å². The molecule has 0 bridgehead atoms. The fourth-order valence-electron chi connectivity index (χ4n) is 2.05. The first-order valence-corrected chi connectivity index (χ1v) is 8.92. The number of thioether (sulfide) groups is 2. The Bertz CT molecular complexity index is 690. The maximum atomic E-state index is 4.46. The molecule has 0 amide bonds. The van der Waals surface area contributed by atoms with Gasteiger partial charge in [-0.05, 0) is 36.1 Å². The molecular weight excluding hydrogens is 296 g/mol. The van der Waals surface area contributed by atoms with Crippen LogP contribution in [0.4, 0.5) is 0 Å².